The molecule has 0 amide bonds. The highest BCUT2D eigenvalue weighted by Gasteiger charge is 2.09. The summed E-state index contributed by atoms with van der Waals surface area (Å²) < 4.78 is 5.50. The lowest BCUT2D eigenvalue weighted by Crippen LogP contribution is -2.02. The molecule has 2 rings (SSSR count). The van der Waals surface area contributed by atoms with Crippen LogP contribution in [0.25, 0.3) is 0 Å². The van der Waals surface area contributed by atoms with Crippen LogP contribution in [0.2, 0.25) is 0 Å². The van der Waals surface area contributed by atoms with Crippen LogP contribution in [-0.4, -0.2) is 12.1 Å². The highest BCUT2D eigenvalue weighted by molar-refractivity contribution is 5.97. The number of carbonyl (C=O) groups excluding carboxylic acids is 2. The number of aryl methyl sites for hydroxylation is 1. The maximum atomic E-state index is 11.9. The number of ketones is 1. The molecule has 0 spiro atoms. The third-order valence-electron chi connectivity index (χ3n) is 2.66. The topological polar surface area (TPSA) is 47.3 Å². The average Bonchev–Trinajstić information content (AvgIpc) is 2.85. The first-order chi connectivity index (χ1) is 8.79. The number of aldehydes is 1. The van der Waals surface area contributed by atoms with Gasteiger partial charge in [-0.05, 0) is 12.1 Å². The predicted molar refractivity (Wildman–Crippen MR) is 67.6 cm³/mol. The first-order valence-electron chi connectivity index (χ1n) is 5.89. The lowest BCUT2D eigenvalue weighted by molar-refractivity contribution is -0.107. The minimum absolute atomic E-state index is 0.0342. The maximum Gasteiger partial charge on any atom is 0.170 e. The Labute approximate surface area is 105 Å². The lowest BCUT2D eigenvalue weighted by atomic mass is 10.1. The fourth-order valence-corrected chi connectivity index (χ4v) is 1.74. The highest BCUT2D eigenvalue weighted by atomic mass is 16.3. The van der Waals surface area contributed by atoms with Crippen LogP contribution in [0.4, 0.5) is 0 Å². The van der Waals surface area contributed by atoms with Crippen molar-refractivity contribution in [1.82, 2.24) is 0 Å². The minimum atomic E-state index is 0.0342. The molecule has 0 fully saturated rings. The van der Waals surface area contributed by atoms with E-state index in [1.54, 1.807) is 18.2 Å². The Balaban J connectivity index is 1.99. The number of Topliss-reactive ketones (excluding diaryl/α,β-unsaturated/α-hetero) is 1. The summed E-state index contributed by atoms with van der Waals surface area (Å²) in [4.78, 5) is 22.2. The van der Waals surface area contributed by atoms with E-state index in [-0.39, 0.29) is 12.2 Å². The molecule has 0 saturated heterocycles. The summed E-state index contributed by atoms with van der Waals surface area (Å²) in [6.07, 6.45) is 2.14. The van der Waals surface area contributed by atoms with Gasteiger partial charge in [0.15, 0.2) is 5.78 Å². The van der Waals surface area contributed by atoms with Crippen molar-refractivity contribution in [2.24, 2.45) is 0 Å². The molecule has 0 aliphatic rings. The molecule has 1 aromatic carbocycles. The highest BCUT2D eigenvalue weighted by Crippen LogP contribution is 2.12. The van der Waals surface area contributed by atoms with Gasteiger partial charge in [0.2, 0.25) is 0 Å². The first kappa shape index (κ1) is 12.3. The maximum absolute atomic E-state index is 11.9. The van der Waals surface area contributed by atoms with Crippen molar-refractivity contribution in [3.63, 3.8) is 0 Å². The molecule has 0 N–H and O–H groups in total. The minimum Gasteiger partial charge on any atom is -0.466 e. The van der Waals surface area contributed by atoms with Gasteiger partial charge in [0, 0.05) is 18.4 Å². The van der Waals surface area contributed by atoms with Gasteiger partial charge in [0.25, 0.3) is 0 Å². The third kappa shape index (κ3) is 3.17. The molecule has 3 heteroatoms. The van der Waals surface area contributed by atoms with E-state index in [0.29, 0.717) is 24.2 Å². The fourth-order valence-electron chi connectivity index (χ4n) is 1.74. The van der Waals surface area contributed by atoms with E-state index in [0.717, 1.165) is 12.0 Å². The van der Waals surface area contributed by atoms with E-state index < -0.39 is 0 Å². The van der Waals surface area contributed by atoms with E-state index in [4.69, 9.17) is 4.42 Å². The molecule has 2 aromatic rings. The lowest BCUT2D eigenvalue weighted by Gasteiger charge is -1.98. The number of hydrogen-bond acceptors (Lipinski definition) is 3. The van der Waals surface area contributed by atoms with Crippen LogP contribution >= 0.6 is 0 Å². The Kier molecular flexibility index (Phi) is 4.07. The summed E-state index contributed by atoms with van der Waals surface area (Å²) >= 11 is 0. The van der Waals surface area contributed by atoms with Gasteiger partial charge < -0.3 is 9.21 Å². The van der Waals surface area contributed by atoms with Gasteiger partial charge in [0.1, 0.15) is 17.8 Å². The Bertz CT molecular complexity index is 526. The molecule has 1 aromatic heterocycles. The number of furan rings is 1. The predicted octanol–water partition coefficient (Wildman–Crippen LogP) is 2.84. The summed E-state index contributed by atoms with van der Waals surface area (Å²) in [6.45, 7) is 0. The Hall–Kier alpha value is -2.16. The van der Waals surface area contributed by atoms with E-state index in [9.17, 15) is 9.59 Å². The normalized spacial score (nSPS) is 10.2. The van der Waals surface area contributed by atoms with Crippen molar-refractivity contribution >= 4 is 12.1 Å². The number of hydrogen-bond donors (Lipinski definition) is 0. The van der Waals surface area contributed by atoms with Crippen molar-refractivity contribution in [3.05, 3.63) is 59.5 Å². The van der Waals surface area contributed by atoms with Gasteiger partial charge in [-0.25, -0.2) is 0 Å². The molecule has 0 bridgehead atoms. The number of benzene rings is 1. The zero-order valence-corrected chi connectivity index (χ0v) is 9.96. The summed E-state index contributed by atoms with van der Waals surface area (Å²) in [5.74, 6) is 1.43. The van der Waals surface area contributed by atoms with Crippen LogP contribution in [0.15, 0.2) is 46.9 Å². The zero-order chi connectivity index (χ0) is 12.8. The van der Waals surface area contributed by atoms with Crippen LogP contribution < -0.4 is 0 Å². The zero-order valence-electron chi connectivity index (χ0n) is 9.96. The van der Waals surface area contributed by atoms with Crippen molar-refractivity contribution < 1.29 is 14.0 Å². The summed E-state index contributed by atoms with van der Waals surface area (Å²) in [7, 11) is 0. The van der Waals surface area contributed by atoms with Gasteiger partial charge in [-0.15, -0.1) is 0 Å². The van der Waals surface area contributed by atoms with E-state index in [1.807, 2.05) is 24.3 Å². The Morgan fingerprint density at radius 1 is 1.06 bits per heavy atom. The molecule has 0 saturated carbocycles. The average molecular weight is 242 g/mol. The Morgan fingerprint density at radius 3 is 2.50 bits per heavy atom. The Morgan fingerprint density at radius 2 is 1.78 bits per heavy atom. The third-order valence-corrected chi connectivity index (χ3v) is 2.66. The molecular weight excluding hydrogens is 228 g/mol. The number of carbonyl (C=O) groups is 2. The second-order valence-corrected chi connectivity index (χ2v) is 4.04. The van der Waals surface area contributed by atoms with Gasteiger partial charge in [-0.2, -0.15) is 0 Å². The second-order valence-electron chi connectivity index (χ2n) is 4.04. The molecule has 0 radical (unpaired) electrons. The fraction of sp³-hybridized carbons (Fsp3) is 0.200. The van der Waals surface area contributed by atoms with Gasteiger partial charge in [-0.1, -0.05) is 30.3 Å². The molecular formula is C15H14O3. The summed E-state index contributed by atoms with van der Waals surface area (Å²) in [6, 6.07) is 12.7. The van der Waals surface area contributed by atoms with Crippen molar-refractivity contribution in [3.8, 4) is 0 Å². The van der Waals surface area contributed by atoms with Gasteiger partial charge >= 0.3 is 0 Å². The molecule has 18 heavy (non-hydrogen) atoms. The molecule has 0 aliphatic heterocycles. The summed E-state index contributed by atoms with van der Waals surface area (Å²) in [5, 5.41) is 0. The van der Waals surface area contributed by atoms with E-state index in [1.165, 1.54) is 0 Å². The first-order valence-corrected chi connectivity index (χ1v) is 5.89. The van der Waals surface area contributed by atoms with Crippen LogP contribution in [0, 0.1) is 0 Å². The largest absolute Gasteiger partial charge is 0.466 e. The van der Waals surface area contributed by atoms with Crippen LogP contribution in [0.5, 0.6) is 0 Å². The molecule has 0 atom stereocenters. The molecule has 0 aliphatic carbocycles. The van der Waals surface area contributed by atoms with Crippen LogP contribution in [0.3, 0.4) is 0 Å². The molecule has 1 heterocycles. The van der Waals surface area contributed by atoms with Crippen molar-refractivity contribution in [2.45, 2.75) is 19.3 Å². The quantitative estimate of drug-likeness (QED) is 0.578. The monoisotopic (exact) mass is 242 g/mol. The second kappa shape index (κ2) is 5.96. The SMILES string of the molecule is O=CCCc1ccc(CC(=O)c2ccccc2)o1. The van der Waals surface area contributed by atoms with Gasteiger partial charge in [-0.3, -0.25) is 4.79 Å². The molecule has 0 unspecified atom stereocenters. The van der Waals surface area contributed by atoms with Gasteiger partial charge in [0.05, 0.1) is 6.42 Å². The smallest absolute Gasteiger partial charge is 0.170 e. The van der Waals surface area contributed by atoms with Crippen molar-refractivity contribution in [2.75, 3.05) is 0 Å². The molecule has 3 nitrogen and oxygen atoms in total. The number of rotatable bonds is 6. The van der Waals surface area contributed by atoms with E-state index in [2.05, 4.69) is 0 Å². The van der Waals surface area contributed by atoms with Crippen molar-refractivity contribution in [1.29, 1.82) is 0 Å². The standard InChI is InChI=1S/C15H14O3/c16-10-4-7-13-8-9-14(18-13)11-15(17)12-5-2-1-3-6-12/h1-3,5-6,8-10H,4,7,11H2. The van der Waals surface area contributed by atoms with Crippen LogP contribution in [0.1, 0.15) is 28.3 Å². The summed E-state index contributed by atoms with van der Waals surface area (Å²) in [5.41, 5.74) is 0.684. The van der Waals surface area contributed by atoms with E-state index >= 15 is 0 Å². The molecule has 92 valence electrons. The van der Waals surface area contributed by atoms with Crippen LogP contribution in [-0.2, 0) is 17.6 Å².